The van der Waals surface area contributed by atoms with Crippen molar-refractivity contribution in [3.8, 4) is 0 Å². The average molecular weight is 341 g/mol. The van der Waals surface area contributed by atoms with E-state index in [1.807, 2.05) is 60.3 Å². The van der Waals surface area contributed by atoms with Crippen LogP contribution in [0.2, 0.25) is 0 Å². The average Bonchev–Trinajstić information content (AvgIpc) is 3.29. The molecule has 1 amide bonds. The van der Waals surface area contributed by atoms with Crippen molar-refractivity contribution in [1.29, 1.82) is 0 Å². The summed E-state index contributed by atoms with van der Waals surface area (Å²) < 4.78 is 7.42. The molecule has 0 spiro atoms. The van der Waals surface area contributed by atoms with Crippen LogP contribution < -0.4 is 5.32 Å². The van der Waals surface area contributed by atoms with E-state index in [9.17, 15) is 4.79 Å². The van der Waals surface area contributed by atoms with E-state index in [0.717, 1.165) is 22.0 Å². The predicted molar refractivity (Wildman–Crippen MR) is 94.9 cm³/mol. The highest BCUT2D eigenvalue weighted by molar-refractivity contribution is 7.10. The molecule has 3 rings (SSSR count). The van der Waals surface area contributed by atoms with Gasteiger partial charge in [0.1, 0.15) is 11.8 Å². The number of aromatic nitrogens is 2. The summed E-state index contributed by atoms with van der Waals surface area (Å²) in [5.74, 6) is 0.630. The Hall–Kier alpha value is -2.60. The van der Waals surface area contributed by atoms with Crippen molar-refractivity contribution in [3.63, 3.8) is 0 Å². The lowest BCUT2D eigenvalue weighted by Gasteiger charge is -2.17. The number of thiophene rings is 1. The third-order valence-electron chi connectivity index (χ3n) is 3.62. The fourth-order valence-electron chi connectivity index (χ4n) is 2.55. The predicted octanol–water partition coefficient (Wildman–Crippen LogP) is 3.57. The summed E-state index contributed by atoms with van der Waals surface area (Å²) in [5.41, 5.74) is 1.96. The third kappa shape index (κ3) is 3.83. The van der Waals surface area contributed by atoms with Crippen LogP contribution in [0.3, 0.4) is 0 Å². The van der Waals surface area contributed by atoms with Crippen LogP contribution in [0, 0.1) is 13.8 Å². The lowest BCUT2D eigenvalue weighted by molar-refractivity contribution is -0.116. The summed E-state index contributed by atoms with van der Waals surface area (Å²) in [6.07, 6.45) is 4.99. The Kier molecular flexibility index (Phi) is 4.96. The Morgan fingerprint density at radius 1 is 1.42 bits per heavy atom. The smallest absolute Gasteiger partial charge is 0.244 e. The van der Waals surface area contributed by atoms with Crippen molar-refractivity contribution in [2.75, 3.05) is 6.54 Å². The minimum atomic E-state index is -0.173. The molecule has 3 aromatic heterocycles. The zero-order chi connectivity index (χ0) is 16.9. The van der Waals surface area contributed by atoms with Gasteiger partial charge in [0.15, 0.2) is 0 Å². The number of aryl methyl sites for hydroxylation is 2. The molecule has 5 nitrogen and oxygen atoms in total. The van der Waals surface area contributed by atoms with E-state index in [2.05, 4.69) is 10.4 Å². The molecule has 24 heavy (non-hydrogen) atoms. The lowest BCUT2D eigenvalue weighted by Crippen LogP contribution is -2.31. The van der Waals surface area contributed by atoms with Crippen molar-refractivity contribution in [1.82, 2.24) is 15.1 Å². The fourth-order valence-corrected chi connectivity index (χ4v) is 3.17. The van der Waals surface area contributed by atoms with Gasteiger partial charge in [-0.2, -0.15) is 5.10 Å². The van der Waals surface area contributed by atoms with E-state index < -0.39 is 0 Å². The topological polar surface area (TPSA) is 60.1 Å². The van der Waals surface area contributed by atoms with E-state index in [0.29, 0.717) is 6.54 Å². The van der Waals surface area contributed by atoms with Gasteiger partial charge >= 0.3 is 0 Å². The molecular formula is C18H19N3O2S. The van der Waals surface area contributed by atoms with Gasteiger partial charge in [-0.15, -0.1) is 11.3 Å². The number of hydrogen-bond acceptors (Lipinski definition) is 4. The first-order valence-electron chi connectivity index (χ1n) is 7.69. The van der Waals surface area contributed by atoms with Crippen molar-refractivity contribution >= 4 is 23.3 Å². The Labute approximate surface area is 144 Å². The van der Waals surface area contributed by atoms with Gasteiger partial charge in [0.05, 0.1) is 12.0 Å². The maximum atomic E-state index is 12.1. The second kappa shape index (κ2) is 7.31. The first-order chi connectivity index (χ1) is 11.6. The molecule has 1 atom stereocenters. The van der Waals surface area contributed by atoms with E-state index in [4.69, 9.17) is 4.42 Å². The number of furan rings is 1. The molecule has 0 aliphatic heterocycles. The molecule has 0 fully saturated rings. The van der Waals surface area contributed by atoms with E-state index >= 15 is 0 Å². The van der Waals surface area contributed by atoms with Crippen LogP contribution in [0.4, 0.5) is 0 Å². The molecule has 1 N–H and O–H groups in total. The second-order valence-corrected chi connectivity index (χ2v) is 6.48. The number of rotatable bonds is 6. The molecule has 124 valence electrons. The monoisotopic (exact) mass is 341 g/mol. The van der Waals surface area contributed by atoms with Gasteiger partial charge in [-0.3, -0.25) is 9.48 Å². The molecule has 0 bridgehead atoms. The maximum Gasteiger partial charge on any atom is 0.244 e. The summed E-state index contributed by atoms with van der Waals surface area (Å²) in [6.45, 7) is 4.35. The van der Waals surface area contributed by atoms with Crippen molar-refractivity contribution in [2.24, 2.45) is 0 Å². The van der Waals surface area contributed by atoms with Crippen LogP contribution in [-0.4, -0.2) is 22.2 Å². The van der Waals surface area contributed by atoms with E-state index in [-0.39, 0.29) is 11.9 Å². The molecular weight excluding hydrogens is 322 g/mol. The SMILES string of the molecule is Cc1cc(C)n([C@@H](CNC(=O)/C=C/c2cccs2)c2ccco2)n1. The van der Waals surface area contributed by atoms with Crippen LogP contribution in [0.25, 0.3) is 6.08 Å². The van der Waals surface area contributed by atoms with Gasteiger partial charge in [0.25, 0.3) is 0 Å². The van der Waals surface area contributed by atoms with Gasteiger partial charge in [0, 0.05) is 23.2 Å². The van der Waals surface area contributed by atoms with Gasteiger partial charge in [-0.1, -0.05) is 6.07 Å². The van der Waals surface area contributed by atoms with Crippen molar-refractivity contribution < 1.29 is 9.21 Å². The molecule has 6 heteroatoms. The standard InChI is InChI=1S/C18H19N3O2S/c1-13-11-14(2)21(20-13)16(17-6-3-9-23-17)12-19-18(22)8-7-15-5-4-10-24-15/h3-11,16H,12H2,1-2H3,(H,19,22)/b8-7+/t16-/m0/s1. The maximum absolute atomic E-state index is 12.1. The first-order valence-corrected chi connectivity index (χ1v) is 8.57. The van der Waals surface area contributed by atoms with E-state index in [1.54, 1.807) is 23.7 Å². The Morgan fingerprint density at radius 2 is 2.29 bits per heavy atom. The zero-order valence-corrected chi connectivity index (χ0v) is 14.4. The van der Waals surface area contributed by atoms with Crippen LogP contribution >= 0.6 is 11.3 Å². The Morgan fingerprint density at radius 3 is 2.92 bits per heavy atom. The summed E-state index contributed by atoms with van der Waals surface area (Å²) in [7, 11) is 0. The summed E-state index contributed by atoms with van der Waals surface area (Å²) >= 11 is 1.59. The largest absolute Gasteiger partial charge is 0.467 e. The molecule has 3 aromatic rings. The number of nitrogens with zero attached hydrogens (tertiary/aromatic N) is 2. The van der Waals surface area contributed by atoms with Gasteiger partial charge in [0.2, 0.25) is 5.91 Å². The molecule has 0 unspecified atom stereocenters. The zero-order valence-electron chi connectivity index (χ0n) is 13.6. The highest BCUT2D eigenvalue weighted by Crippen LogP contribution is 2.20. The minimum Gasteiger partial charge on any atom is -0.467 e. The number of carbonyl (C=O) groups is 1. The summed E-state index contributed by atoms with van der Waals surface area (Å²) in [4.78, 5) is 13.1. The van der Waals surface area contributed by atoms with Gasteiger partial charge in [-0.25, -0.2) is 0 Å². The highest BCUT2D eigenvalue weighted by atomic mass is 32.1. The van der Waals surface area contributed by atoms with Crippen LogP contribution in [0.1, 0.15) is 28.1 Å². The van der Waals surface area contributed by atoms with Crippen LogP contribution in [0.5, 0.6) is 0 Å². The quantitative estimate of drug-likeness (QED) is 0.697. The number of hydrogen-bond donors (Lipinski definition) is 1. The molecule has 0 saturated carbocycles. The Bertz CT molecular complexity index is 817. The fraction of sp³-hybridized carbons (Fsp3) is 0.222. The third-order valence-corrected chi connectivity index (χ3v) is 4.46. The summed E-state index contributed by atoms with van der Waals surface area (Å²) in [6, 6.07) is 9.50. The molecule has 0 aliphatic carbocycles. The Balaban J connectivity index is 1.71. The molecule has 0 radical (unpaired) electrons. The van der Waals surface area contributed by atoms with Crippen LogP contribution in [0.15, 0.2) is 52.5 Å². The molecule has 3 heterocycles. The lowest BCUT2D eigenvalue weighted by atomic mass is 10.2. The first kappa shape index (κ1) is 16.3. The summed E-state index contributed by atoms with van der Waals surface area (Å²) in [5, 5.41) is 9.43. The number of amides is 1. The molecule has 0 saturated heterocycles. The van der Waals surface area contributed by atoms with Crippen molar-refractivity contribution in [2.45, 2.75) is 19.9 Å². The van der Waals surface area contributed by atoms with Gasteiger partial charge < -0.3 is 9.73 Å². The van der Waals surface area contributed by atoms with Gasteiger partial charge in [-0.05, 0) is 49.6 Å². The van der Waals surface area contributed by atoms with Crippen LogP contribution in [-0.2, 0) is 4.79 Å². The minimum absolute atomic E-state index is 0.138. The number of carbonyl (C=O) groups excluding carboxylic acids is 1. The molecule has 0 aromatic carbocycles. The van der Waals surface area contributed by atoms with E-state index in [1.165, 1.54) is 0 Å². The highest BCUT2D eigenvalue weighted by Gasteiger charge is 2.20. The van der Waals surface area contributed by atoms with Crippen molar-refractivity contribution in [3.05, 3.63) is 70.1 Å². The number of nitrogens with one attached hydrogen (secondary N) is 1. The normalized spacial score (nSPS) is 12.6. The molecule has 0 aliphatic rings. The second-order valence-electron chi connectivity index (χ2n) is 5.50.